The predicted molar refractivity (Wildman–Crippen MR) is 63.7 cm³/mol. The van der Waals surface area contributed by atoms with Gasteiger partial charge in [0.15, 0.2) is 0 Å². The third-order valence-electron chi connectivity index (χ3n) is 3.66. The number of hydrogen-bond donors (Lipinski definition) is 1. The van der Waals surface area contributed by atoms with Crippen molar-refractivity contribution < 1.29 is 0 Å². The highest BCUT2D eigenvalue weighted by molar-refractivity contribution is 7.99. The Hall–Kier alpha value is 0.270. The summed E-state index contributed by atoms with van der Waals surface area (Å²) in [7, 11) is 0. The summed E-state index contributed by atoms with van der Waals surface area (Å²) >= 11 is 2.10. The fourth-order valence-corrected chi connectivity index (χ4v) is 3.46. The summed E-state index contributed by atoms with van der Waals surface area (Å²) in [6.45, 7) is 3.42. The summed E-state index contributed by atoms with van der Waals surface area (Å²) in [4.78, 5) is 2.66. The maximum absolute atomic E-state index is 5.92. The molecule has 1 unspecified atom stereocenters. The summed E-state index contributed by atoms with van der Waals surface area (Å²) in [5.41, 5.74) is 5.92. The van der Waals surface area contributed by atoms with Gasteiger partial charge in [-0.1, -0.05) is 6.42 Å². The maximum Gasteiger partial charge on any atom is 0.0246 e. The van der Waals surface area contributed by atoms with Crippen molar-refractivity contribution in [1.29, 1.82) is 0 Å². The van der Waals surface area contributed by atoms with Gasteiger partial charge in [0, 0.05) is 24.9 Å². The highest BCUT2D eigenvalue weighted by Gasteiger charge is 2.30. The van der Waals surface area contributed by atoms with Crippen LogP contribution in [0, 0.1) is 5.92 Å². The van der Waals surface area contributed by atoms with Gasteiger partial charge in [-0.15, -0.1) is 0 Å². The van der Waals surface area contributed by atoms with E-state index in [-0.39, 0.29) is 0 Å². The van der Waals surface area contributed by atoms with Gasteiger partial charge in [0.05, 0.1) is 0 Å². The van der Waals surface area contributed by atoms with E-state index >= 15 is 0 Å². The van der Waals surface area contributed by atoms with E-state index < -0.39 is 0 Å². The summed E-state index contributed by atoms with van der Waals surface area (Å²) in [5, 5.41) is 0. The second-order valence-electron chi connectivity index (χ2n) is 4.50. The molecule has 0 aromatic heterocycles. The zero-order valence-electron chi connectivity index (χ0n) is 8.95. The zero-order chi connectivity index (χ0) is 9.80. The lowest BCUT2D eigenvalue weighted by atomic mass is 9.79. The SMILES string of the molecule is NCC(C1CCC1)N1CCCSCC1. The van der Waals surface area contributed by atoms with Crippen LogP contribution in [0.15, 0.2) is 0 Å². The zero-order valence-corrected chi connectivity index (χ0v) is 9.77. The Labute approximate surface area is 91.6 Å². The molecular weight excluding hydrogens is 192 g/mol. The van der Waals surface area contributed by atoms with Crippen LogP contribution in [0.4, 0.5) is 0 Å². The van der Waals surface area contributed by atoms with Crippen molar-refractivity contribution in [3.63, 3.8) is 0 Å². The molecule has 3 heteroatoms. The largest absolute Gasteiger partial charge is 0.329 e. The Morgan fingerprint density at radius 3 is 2.71 bits per heavy atom. The fraction of sp³-hybridized carbons (Fsp3) is 1.00. The van der Waals surface area contributed by atoms with E-state index in [9.17, 15) is 0 Å². The van der Waals surface area contributed by atoms with Gasteiger partial charge >= 0.3 is 0 Å². The average molecular weight is 214 g/mol. The van der Waals surface area contributed by atoms with Crippen LogP contribution in [0.1, 0.15) is 25.7 Å². The molecule has 0 aromatic carbocycles. The Morgan fingerprint density at radius 2 is 2.07 bits per heavy atom. The summed E-state index contributed by atoms with van der Waals surface area (Å²) < 4.78 is 0. The van der Waals surface area contributed by atoms with Gasteiger partial charge in [-0.05, 0) is 37.5 Å². The predicted octanol–water partition coefficient (Wildman–Crippen LogP) is 1.55. The minimum atomic E-state index is 0.697. The number of nitrogens with zero attached hydrogens (tertiary/aromatic N) is 1. The Morgan fingerprint density at radius 1 is 1.21 bits per heavy atom. The van der Waals surface area contributed by atoms with Crippen molar-refractivity contribution in [3.8, 4) is 0 Å². The second kappa shape index (κ2) is 5.38. The first-order valence-corrected chi connectivity index (χ1v) is 7.09. The van der Waals surface area contributed by atoms with E-state index in [4.69, 9.17) is 5.73 Å². The van der Waals surface area contributed by atoms with Gasteiger partial charge in [0.1, 0.15) is 0 Å². The lowest BCUT2D eigenvalue weighted by Crippen LogP contribution is -2.48. The lowest BCUT2D eigenvalue weighted by molar-refractivity contribution is 0.108. The van der Waals surface area contributed by atoms with Crippen molar-refractivity contribution in [2.24, 2.45) is 11.7 Å². The van der Waals surface area contributed by atoms with Gasteiger partial charge in [-0.25, -0.2) is 0 Å². The number of thioether (sulfide) groups is 1. The Balaban J connectivity index is 1.87. The van der Waals surface area contributed by atoms with Crippen LogP contribution in [0.2, 0.25) is 0 Å². The molecule has 1 saturated carbocycles. The molecule has 1 aliphatic heterocycles. The van der Waals surface area contributed by atoms with E-state index in [1.54, 1.807) is 0 Å². The molecule has 2 N–H and O–H groups in total. The minimum absolute atomic E-state index is 0.697. The standard InChI is InChI=1S/C11H22N2S/c12-9-11(10-3-1-4-10)13-5-2-7-14-8-6-13/h10-11H,1-9,12H2. The van der Waals surface area contributed by atoms with Crippen LogP contribution in [-0.2, 0) is 0 Å². The van der Waals surface area contributed by atoms with Crippen LogP contribution >= 0.6 is 11.8 Å². The third kappa shape index (κ3) is 2.44. The van der Waals surface area contributed by atoms with Gasteiger partial charge in [-0.2, -0.15) is 11.8 Å². The molecule has 1 aliphatic carbocycles. The Bertz CT molecular complexity index is 163. The first-order valence-electron chi connectivity index (χ1n) is 5.93. The smallest absolute Gasteiger partial charge is 0.0246 e. The van der Waals surface area contributed by atoms with Crippen LogP contribution in [0.5, 0.6) is 0 Å². The normalized spacial score (nSPS) is 28.1. The van der Waals surface area contributed by atoms with Crippen LogP contribution in [-0.4, -0.2) is 42.1 Å². The summed E-state index contributed by atoms with van der Waals surface area (Å²) in [5.74, 6) is 3.57. The van der Waals surface area contributed by atoms with Crippen molar-refractivity contribution in [2.75, 3.05) is 31.1 Å². The topological polar surface area (TPSA) is 29.3 Å². The van der Waals surface area contributed by atoms with Crippen LogP contribution in [0.25, 0.3) is 0 Å². The highest BCUT2D eigenvalue weighted by Crippen LogP contribution is 2.32. The lowest BCUT2D eigenvalue weighted by Gasteiger charge is -2.40. The van der Waals surface area contributed by atoms with E-state index in [0.29, 0.717) is 6.04 Å². The number of nitrogens with two attached hydrogens (primary N) is 1. The molecule has 0 spiro atoms. The maximum atomic E-state index is 5.92. The van der Waals surface area contributed by atoms with E-state index in [0.717, 1.165) is 12.5 Å². The molecule has 2 rings (SSSR count). The molecule has 1 atom stereocenters. The minimum Gasteiger partial charge on any atom is -0.329 e. The molecule has 82 valence electrons. The number of hydrogen-bond acceptors (Lipinski definition) is 3. The van der Waals surface area contributed by atoms with Gasteiger partial charge in [0.25, 0.3) is 0 Å². The molecule has 0 amide bonds. The van der Waals surface area contributed by atoms with E-state index in [1.165, 1.54) is 50.3 Å². The average Bonchev–Trinajstić information content (AvgIpc) is 2.38. The van der Waals surface area contributed by atoms with E-state index in [1.807, 2.05) is 0 Å². The van der Waals surface area contributed by atoms with Gasteiger partial charge < -0.3 is 5.73 Å². The quantitative estimate of drug-likeness (QED) is 0.773. The van der Waals surface area contributed by atoms with Crippen molar-refractivity contribution in [1.82, 2.24) is 4.90 Å². The Kier molecular flexibility index (Phi) is 4.14. The molecule has 2 aliphatic rings. The van der Waals surface area contributed by atoms with Crippen LogP contribution in [0.3, 0.4) is 0 Å². The van der Waals surface area contributed by atoms with Gasteiger partial charge in [0.2, 0.25) is 0 Å². The van der Waals surface area contributed by atoms with Crippen molar-refractivity contribution in [2.45, 2.75) is 31.7 Å². The van der Waals surface area contributed by atoms with E-state index in [2.05, 4.69) is 16.7 Å². The molecule has 0 radical (unpaired) electrons. The monoisotopic (exact) mass is 214 g/mol. The molecule has 0 bridgehead atoms. The second-order valence-corrected chi connectivity index (χ2v) is 5.72. The molecule has 1 heterocycles. The summed E-state index contributed by atoms with van der Waals surface area (Å²) in [6.07, 6.45) is 5.63. The third-order valence-corrected chi connectivity index (χ3v) is 4.71. The first kappa shape index (κ1) is 10.8. The number of rotatable bonds is 3. The fourth-order valence-electron chi connectivity index (χ4n) is 2.56. The summed E-state index contributed by atoms with van der Waals surface area (Å²) in [6, 6.07) is 0.697. The molecule has 0 aromatic rings. The van der Waals surface area contributed by atoms with Crippen molar-refractivity contribution in [3.05, 3.63) is 0 Å². The van der Waals surface area contributed by atoms with Crippen LogP contribution < -0.4 is 5.73 Å². The first-order chi connectivity index (χ1) is 6.92. The van der Waals surface area contributed by atoms with Crippen molar-refractivity contribution >= 4 is 11.8 Å². The molecule has 14 heavy (non-hydrogen) atoms. The van der Waals surface area contributed by atoms with Gasteiger partial charge in [-0.3, -0.25) is 4.90 Å². The molecular formula is C11H22N2S. The molecule has 2 fully saturated rings. The molecule has 1 saturated heterocycles. The molecule has 2 nitrogen and oxygen atoms in total. The highest BCUT2D eigenvalue weighted by atomic mass is 32.2.